The number of halogens is 2. The van der Waals surface area contributed by atoms with Gasteiger partial charge in [-0.1, -0.05) is 29.8 Å². The van der Waals surface area contributed by atoms with Crippen molar-refractivity contribution >= 4 is 17.5 Å². The Morgan fingerprint density at radius 1 is 1.37 bits per heavy atom. The first-order chi connectivity index (χ1) is 9.09. The second kappa shape index (κ2) is 5.80. The lowest BCUT2D eigenvalue weighted by molar-refractivity contribution is 0.0935. The minimum absolute atomic E-state index is 0.0334. The first kappa shape index (κ1) is 13.5. The number of hydrogen-bond donors (Lipinski definition) is 1. The molecule has 0 radical (unpaired) electrons. The van der Waals surface area contributed by atoms with Gasteiger partial charge in [0, 0.05) is 11.2 Å². The number of benzene rings is 1. The maximum absolute atomic E-state index is 13.4. The van der Waals surface area contributed by atoms with Crippen LogP contribution in [0, 0.1) is 5.82 Å². The Morgan fingerprint density at radius 2 is 2.11 bits per heavy atom. The molecular weight excluding hydrogens is 267 g/mol. The average molecular weight is 279 g/mol. The monoisotopic (exact) mass is 278 g/mol. The summed E-state index contributed by atoms with van der Waals surface area (Å²) in [7, 11) is 0. The summed E-state index contributed by atoms with van der Waals surface area (Å²) in [6, 6.07) is 8.22. The highest BCUT2D eigenvalue weighted by atomic mass is 35.5. The first-order valence-corrected chi connectivity index (χ1v) is 6.12. The molecule has 1 unspecified atom stereocenters. The molecule has 2 aromatic rings. The number of pyridine rings is 1. The number of rotatable bonds is 3. The Kier molecular flexibility index (Phi) is 4.12. The molecule has 1 aromatic carbocycles. The summed E-state index contributed by atoms with van der Waals surface area (Å²) in [5.41, 5.74) is 0.751. The number of hydrogen-bond acceptors (Lipinski definition) is 2. The zero-order valence-corrected chi connectivity index (χ0v) is 11.0. The molecule has 1 N–H and O–H groups in total. The molecule has 3 nitrogen and oxygen atoms in total. The van der Waals surface area contributed by atoms with E-state index in [0.29, 0.717) is 5.02 Å². The Morgan fingerprint density at radius 3 is 2.79 bits per heavy atom. The van der Waals surface area contributed by atoms with E-state index in [0.717, 1.165) is 11.8 Å². The molecule has 5 heteroatoms. The zero-order valence-electron chi connectivity index (χ0n) is 10.2. The van der Waals surface area contributed by atoms with Crippen molar-refractivity contribution in [2.24, 2.45) is 0 Å². The summed E-state index contributed by atoms with van der Waals surface area (Å²) in [5.74, 6) is -1.14. The van der Waals surface area contributed by atoms with E-state index >= 15 is 0 Å². The van der Waals surface area contributed by atoms with Gasteiger partial charge in [-0.25, -0.2) is 4.39 Å². The van der Waals surface area contributed by atoms with E-state index in [-0.39, 0.29) is 11.6 Å². The number of nitrogens with one attached hydrogen (secondary N) is 1. The third kappa shape index (κ3) is 3.09. The van der Waals surface area contributed by atoms with Crippen LogP contribution in [-0.2, 0) is 0 Å². The molecule has 1 amide bonds. The summed E-state index contributed by atoms with van der Waals surface area (Å²) >= 11 is 6.04. The van der Waals surface area contributed by atoms with Crippen molar-refractivity contribution in [1.29, 1.82) is 0 Å². The number of carbonyl (C=O) groups is 1. The molecule has 0 saturated heterocycles. The van der Waals surface area contributed by atoms with Crippen molar-refractivity contribution in [3.63, 3.8) is 0 Å². The number of amides is 1. The first-order valence-electron chi connectivity index (χ1n) is 5.74. The predicted molar refractivity (Wildman–Crippen MR) is 71.5 cm³/mol. The van der Waals surface area contributed by atoms with Crippen molar-refractivity contribution in [2.45, 2.75) is 13.0 Å². The topological polar surface area (TPSA) is 42.0 Å². The highest BCUT2D eigenvalue weighted by Crippen LogP contribution is 2.22. The summed E-state index contributed by atoms with van der Waals surface area (Å²) in [6.07, 6.45) is 2.38. The van der Waals surface area contributed by atoms with Crippen molar-refractivity contribution in [1.82, 2.24) is 10.3 Å². The van der Waals surface area contributed by atoms with Gasteiger partial charge in [-0.05, 0) is 24.6 Å². The molecule has 0 bridgehead atoms. The molecule has 0 saturated carbocycles. The zero-order chi connectivity index (χ0) is 13.8. The lowest BCUT2D eigenvalue weighted by Gasteiger charge is -2.15. The largest absolute Gasteiger partial charge is 0.345 e. The molecule has 0 aliphatic heterocycles. The predicted octanol–water partition coefficient (Wildman–Crippen LogP) is 3.37. The Bertz CT molecular complexity index is 604. The van der Waals surface area contributed by atoms with E-state index in [1.807, 2.05) is 18.2 Å². The molecule has 0 spiro atoms. The standard InChI is InChI=1S/C14H12ClFN2O/c1-9(10-4-2-3-5-12(10)15)18-14(19)11-6-7-17-8-13(11)16/h2-9H,1H3,(H,18,19). The fourth-order valence-corrected chi connectivity index (χ4v) is 2.04. The minimum atomic E-state index is -0.647. The lowest BCUT2D eigenvalue weighted by Crippen LogP contribution is -2.27. The second-order valence-corrected chi connectivity index (χ2v) is 4.48. The van der Waals surface area contributed by atoms with Crippen LogP contribution in [0.3, 0.4) is 0 Å². The molecule has 0 aliphatic rings. The van der Waals surface area contributed by atoms with Crippen LogP contribution in [0.25, 0.3) is 0 Å². The fraction of sp³-hybridized carbons (Fsp3) is 0.143. The summed E-state index contributed by atoms with van der Waals surface area (Å²) in [4.78, 5) is 15.5. The molecule has 19 heavy (non-hydrogen) atoms. The number of aromatic nitrogens is 1. The smallest absolute Gasteiger partial charge is 0.254 e. The third-order valence-corrected chi connectivity index (χ3v) is 3.08. The van der Waals surface area contributed by atoms with Crippen molar-refractivity contribution in [3.05, 3.63) is 64.7 Å². The van der Waals surface area contributed by atoms with Crippen LogP contribution < -0.4 is 5.32 Å². The molecule has 0 aliphatic carbocycles. The summed E-state index contributed by atoms with van der Waals surface area (Å²) < 4.78 is 13.4. The molecule has 98 valence electrons. The molecule has 2 rings (SSSR count). The normalized spacial score (nSPS) is 11.9. The van der Waals surface area contributed by atoms with Crippen LogP contribution >= 0.6 is 11.6 Å². The second-order valence-electron chi connectivity index (χ2n) is 4.07. The SMILES string of the molecule is CC(NC(=O)c1ccncc1F)c1ccccc1Cl. The van der Waals surface area contributed by atoms with Gasteiger partial charge in [-0.2, -0.15) is 0 Å². The van der Waals surface area contributed by atoms with Gasteiger partial charge in [0.15, 0.2) is 5.82 Å². The van der Waals surface area contributed by atoms with Crippen LogP contribution in [-0.4, -0.2) is 10.9 Å². The van der Waals surface area contributed by atoms with E-state index in [9.17, 15) is 9.18 Å². The highest BCUT2D eigenvalue weighted by molar-refractivity contribution is 6.31. The van der Waals surface area contributed by atoms with E-state index in [2.05, 4.69) is 10.3 Å². The quantitative estimate of drug-likeness (QED) is 0.935. The van der Waals surface area contributed by atoms with Crippen LogP contribution in [0.4, 0.5) is 4.39 Å². The van der Waals surface area contributed by atoms with E-state index < -0.39 is 11.7 Å². The van der Waals surface area contributed by atoms with Crippen LogP contribution in [0.2, 0.25) is 5.02 Å². The molecule has 0 fully saturated rings. The Balaban J connectivity index is 2.16. The van der Waals surface area contributed by atoms with Gasteiger partial charge >= 0.3 is 0 Å². The lowest BCUT2D eigenvalue weighted by atomic mass is 10.1. The molecular formula is C14H12ClFN2O. The van der Waals surface area contributed by atoms with Gasteiger partial charge in [-0.3, -0.25) is 9.78 Å². The van der Waals surface area contributed by atoms with Crippen LogP contribution in [0.15, 0.2) is 42.7 Å². The van der Waals surface area contributed by atoms with Gasteiger partial charge in [0.2, 0.25) is 0 Å². The highest BCUT2D eigenvalue weighted by Gasteiger charge is 2.16. The van der Waals surface area contributed by atoms with E-state index in [1.165, 1.54) is 12.3 Å². The van der Waals surface area contributed by atoms with Gasteiger partial charge < -0.3 is 5.32 Å². The van der Waals surface area contributed by atoms with E-state index in [4.69, 9.17) is 11.6 Å². The van der Waals surface area contributed by atoms with Gasteiger partial charge in [0.25, 0.3) is 5.91 Å². The van der Waals surface area contributed by atoms with Crippen molar-refractivity contribution in [3.8, 4) is 0 Å². The van der Waals surface area contributed by atoms with Crippen LogP contribution in [0.5, 0.6) is 0 Å². The molecule has 1 atom stereocenters. The Labute approximate surface area is 115 Å². The van der Waals surface area contributed by atoms with E-state index in [1.54, 1.807) is 13.0 Å². The maximum Gasteiger partial charge on any atom is 0.254 e. The summed E-state index contributed by atoms with van der Waals surface area (Å²) in [5, 5.41) is 3.26. The fourth-order valence-electron chi connectivity index (χ4n) is 1.74. The Hall–Kier alpha value is -1.94. The van der Waals surface area contributed by atoms with Gasteiger partial charge in [0.05, 0.1) is 17.8 Å². The summed E-state index contributed by atoms with van der Waals surface area (Å²) in [6.45, 7) is 1.79. The number of carbonyl (C=O) groups excluding carboxylic acids is 1. The average Bonchev–Trinajstić information content (AvgIpc) is 2.39. The molecule has 1 aromatic heterocycles. The minimum Gasteiger partial charge on any atom is -0.345 e. The number of nitrogens with zero attached hydrogens (tertiary/aromatic N) is 1. The van der Waals surface area contributed by atoms with Gasteiger partial charge in [0.1, 0.15) is 0 Å². The van der Waals surface area contributed by atoms with Crippen molar-refractivity contribution < 1.29 is 9.18 Å². The molecule has 1 heterocycles. The third-order valence-electron chi connectivity index (χ3n) is 2.74. The van der Waals surface area contributed by atoms with Crippen LogP contribution in [0.1, 0.15) is 28.9 Å². The maximum atomic E-state index is 13.4. The van der Waals surface area contributed by atoms with Gasteiger partial charge in [-0.15, -0.1) is 0 Å². The van der Waals surface area contributed by atoms with Crippen molar-refractivity contribution in [2.75, 3.05) is 0 Å².